The number of carbonyl (C=O) groups excluding carboxylic acids is 1. The number of amides is 1. The lowest BCUT2D eigenvalue weighted by molar-refractivity contribution is 0.0949. The van der Waals surface area contributed by atoms with E-state index >= 15 is 0 Å². The van der Waals surface area contributed by atoms with Gasteiger partial charge in [0.25, 0.3) is 5.91 Å². The fourth-order valence-corrected chi connectivity index (χ4v) is 2.17. The Balaban J connectivity index is 1.74. The van der Waals surface area contributed by atoms with Gasteiger partial charge in [-0.3, -0.25) is 9.48 Å². The quantitative estimate of drug-likeness (QED) is 0.761. The molecule has 1 amide bonds. The highest BCUT2D eigenvalue weighted by Crippen LogP contribution is 2.28. The second-order valence-corrected chi connectivity index (χ2v) is 4.60. The maximum atomic E-state index is 12.1. The van der Waals surface area contributed by atoms with Gasteiger partial charge in [-0.15, -0.1) is 5.10 Å². The molecule has 0 saturated carbocycles. The maximum absolute atomic E-state index is 12.1. The molecule has 2 aromatic carbocycles. The Morgan fingerprint density at radius 3 is 2.90 bits per heavy atom. The van der Waals surface area contributed by atoms with Crippen molar-refractivity contribution in [2.24, 2.45) is 0 Å². The van der Waals surface area contributed by atoms with Crippen molar-refractivity contribution in [3.05, 3.63) is 54.4 Å². The van der Waals surface area contributed by atoms with Crippen LogP contribution < -0.4 is 5.32 Å². The summed E-state index contributed by atoms with van der Waals surface area (Å²) >= 11 is 0. The highest BCUT2D eigenvalue weighted by atomic mass is 16.3. The summed E-state index contributed by atoms with van der Waals surface area (Å²) in [4.78, 5) is 12.1. The average molecular weight is 282 g/mol. The van der Waals surface area contributed by atoms with E-state index < -0.39 is 0 Å². The van der Waals surface area contributed by atoms with Crippen molar-refractivity contribution in [2.45, 2.75) is 6.54 Å². The number of phenols is 1. The minimum Gasteiger partial charge on any atom is -0.506 e. The van der Waals surface area contributed by atoms with Gasteiger partial charge in [-0.25, -0.2) is 0 Å². The van der Waals surface area contributed by atoms with Crippen LogP contribution in [0.3, 0.4) is 0 Å². The molecule has 0 atom stereocenters. The number of phenolic OH excluding ortho intramolecular Hbond substituents is 1. The number of rotatable bonds is 4. The molecule has 0 spiro atoms. The monoisotopic (exact) mass is 282 g/mol. The molecule has 3 rings (SSSR count). The zero-order valence-electron chi connectivity index (χ0n) is 11.2. The van der Waals surface area contributed by atoms with E-state index in [2.05, 4.69) is 15.6 Å². The number of benzene rings is 2. The van der Waals surface area contributed by atoms with Crippen LogP contribution in [0.25, 0.3) is 10.8 Å². The van der Waals surface area contributed by atoms with Crippen LogP contribution in [0.5, 0.6) is 5.75 Å². The van der Waals surface area contributed by atoms with Crippen molar-refractivity contribution < 1.29 is 9.90 Å². The van der Waals surface area contributed by atoms with Gasteiger partial charge in [-0.1, -0.05) is 35.5 Å². The lowest BCUT2D eigenvalue weighted by atomic mass is 10.0. The van der Waals surface area contributed by atoms with Crippen LogP contribution in [0.2, 0.25) is 0 Å². The highest BCUT2D eigenvalue weighted by Gasteiger charge is 2.13. The third-order valence-electron chi connectivity index (χ3n) is 3.24. The molecule has 0 aliphatic heterocycles. The van der Waals surface area contributed by atoms with Gasteiger partial charge in [0, 0.05) is 18.1 Å². The fourth-order valence-electron chi connectivity index (χ4n) is 2.17. The van der Waals surface area contributed by atoms with E-state index in [1.54, 1.807) is 29.2 Å². The number of aromatic hydroxyl groups is 1. The molecule has 1 heterocycles. The van der Waals surface area contributed by atoms with E-state index in [0.29, 0.717) is 18.5 Å². The van der Waals surface area contributed by atoms with Crippen LogP contribution in [-0.4, -0.2) is 32.6 Å². The summed E-state index contributed by atoms with van der Waals surface area (Å²) in [6.45, 7) is 0.939. The minimum absolute atomic E-state index is 0.00589. The minimum atomic E-state index is -0.307. The van der Waals surface area contributed by atoms with Crippen LogP contribution in [0, 0.1) is 0 Å². The molecule has 0 aliphatic carbocycles. The van der Waals surface area contributed by atoms with Crippen molar-refractivity contribution >= 4 is 16.7 Å². The number of fused-ring (bicyclic) bond motifs is 1. The Hall–Kier alpha value is -2.89. The number of aromatic nitrogens is 3. The van der Waals surface area contributed by atoms with E-state index in [1.807, 2.05) is 24.3 Å². The summed E-state index contributed by atoms with van der Waals surface area (Å²) in [7, 11) is 0. The van der Waals surface area contributed by atoms with Gasteiger partial charge >= 0.3 is 0 Å². The van der Waals surface area contributed by atoms with Crippen molar-refractivity contribution in [2.75, 3.05) is 6.54 Å². The van der Waals surface area contributed by atoms with Crippen LogP contribution >= 0.6 is 0 Å². The number of nitrogens with one attached hydrogen (secondary N) is 1. The van der Waals surface area contributed by atoms with Crippen LogP contribution in [0.1, 0.15) is 10.4 Å². The van der Waals surface area contributed by atoms with Crippen LogP contribution in [-0.2, 0) is 6.54 Å². The summed E-state index contributed by atoms with van der Waals surface area (Å²) in [5.41, 5.74) is 0.271. The lowest BCUT2D eigenvalue weighted by Gasteiger charge is -2.09. The highest BCUT2D eigenvalue weighted by molar-refractivity contribution is 6.03. The van der Waals surface area contributed by atoms with E-state index in [4.69, 9.17) is 0 Å². The molecule has 6 nitrogen and oxygen atoms in total. The Morgan fingerprint density at radius 2 is 2.10 bits per heavy atom. The molecule has 0 radical (unpaired) electrons. The Bertz CT molecular complexity index is 768. The third kappa shape index (κ3) is 2.69. The van der Waals surface area contributed by atoms with E-state index in [0.717, 1.165) is 5.39 Å². The van der Waals surface area contributed by atoms with Gasteiger partial charge < -0.3 is 10.4 Å². The van der Waals surface area contributed by atoms with Crippen molar-refractivity contribution in [1.29, 1.82) is 0 Å². The summed E-state index contributed by atoms with van der Waals surface area (Å²) in [6.07, 6.45) is 3.30. The summed E-state index contributed by atoms with van der Waals surface area (Å²) in [5.74, 6) is -0.301. The summed E-state index contributed by atoms with van der Waals surface area (Å²) < 4.78 is 1.63. The van der Waals surface area contributed by atoms with Gasteiger partial charge in [-0.2, -0.15) is 0 Å². The van der Waals surface area contributed by atoms with Crippen molar-refractivity contribution in [3.8, 4) is 5.75 Å². The topological polar surface area (TPSA) is 80.0 Å². The van der Waals surface area contributed by atoms with E-state index in [1.165, 1.54) is 0 Å². The van der Waals surface area contributed by atoms with Crippen molar-refractivity contribution in [1.82, 2.24) is 20.3 Å². The van der Waals surface area contributed by atoms with E-state index in [-0.39, 0.29) is 17.2 Å². The maximum Gasteiger partial charge on any atom is 0.255 e. The van der Waals surface area contributed by atoms with Crippen LogP contribution in [0.4, 0.5) is 0 Å². The molecular weight excluding hydrogens is 268 g/mol. The Kier molecular flexibility index (Phi) is 3.51. The first-order chi connectivity index (χ1) is 10.3. The average Bonchev–Trinajstić information content (AvgIpc) is 3.01. The molecule has 106 valence electrons. The molecule has 21 heavy (non-hydrogen) atoms. The molecule has 3 aromatic rings. The van der Waals surface area contributed by atoms with Crippen LogP contribution in [0.15, 0.2) is 48.8 Å². The molecule has 0 saturated heterocycles. The molecule has 2 N–H and O–H groups in total. The summed E-state index contributed by atoms with van der Waals surface area (Å²) in [6, 6.07) is 10.8. The number of hydrogen-bond acceptors (Lipinski definition) is 4. The van der Waals surface area contributed by atoms with Crippen molar-refractivity contribution in [3.63, 3.8) is 0 Å². The molecular formula is C15H14N4O2. The predicted molar refractivity (Wildman–Crippen MR) is 78.0 cm³/mol. The first-order valence-electron chi connectivity index (χ1n) is 6.59. The second-order valence-electron chi connectivity index (χ2n) is 4.60. The fraction of sp³-hybridized carbons (Fsp3) is 0.133. The number of carbonyl (C=O) groups is 1. The molecule has 0 aliphatic rings. The zero-order valence-corrected chi connectivity index (χ0v) is 11.2. The molecule has 6 heteroatoms. The first-order valence-corrected chi connectivity index (χ1v) is 6.59. The van der Waals surface area contributed by atoms with Gasteiger partial charge in [0.05, 0.1) is 18.3 Å². The SMILES string of the molecule is O=C(NCCn1ccnn1)c1ccc2ccccc2c1O. The molecule has 0 bridgehead atoms. The lowest BCUT2D eigenvalue weighted by Crippen LogP contribution is -2.27. The second kappa shape index (κ2) is 5.62. The number of nitrogens with zero attached hydrogens (tertiary/aromatic N) is 3. The smallest absolute Gasteiger partial charge is 0.255 e. The third-order valence-corrected chi connectivity index (χ3v) is 3.24. The van der Waals surface area contributed by atoms with Gasteiger partial charge in [0.2, 0.25) is 0 Å². The standard InChI is InChI=1S/C15H14N4O2/c20-14-12-4-2-1-3-11(12)5-6-13(14)15(21)16-7-9-19-10-8-17-18-19/h1-6,8,10,20H,7,9H2,(H,16,21). The Labute approximate surface area is 121 Å². The summed E-state index contributed by atoms with van der Waals surface area (Å²) in [5, 5.41) is 22.0. The molecule has 1 aromatic heterocycles. The Morgan fingerprint density at radius 1 is 1.24 bits per heavy atom. The largest absolute Gasteiger partial charge is 0.506 e. The first kappa shape index (κ1) is 13.1. The van der Waals surface area contributed by atoms with Gasteiger partial charge in [0.15, 0.2) is 0 Å². The predicted octanol–water partition coefficient (Wildman–Crippen LogP) is 1.57. The molecule has 0 unspecified atom stereocenters. The van der Waals surface area contributed by atoms with Gasteiger partial charge in [-0.05, 0) is 11.5 Å². The van der Waals surface area contributed by atoms with Gasteiger partial charge in [0.1, 0.15) is 5.75 Å². The normalized spacial score (nSPS) is 10.7. The zero-order chi connectivity index (χ0) is 14.7. The van der Waals surface area contributed by atoms with E-state index in [9.17, 15) is 9.90 Å². The molecule has 0 fully saturated rings. The number of hydrogen-bond donors (Lipinski definition) is 2.